The molecule has 1 aromatic carbocycles. The van der Waals surface area contributed by atoms with Crippen LogP contribution in [0.2, 0.25) is 5.02 Å². The molecular formula is C15H22ClNO. The summed E-state index contributed by atoms with van der Waals surface area (Å²) < 4.78 is 5.74. The second-order valence-corrected chi connectivity index (χ2v) is 6.18. The van der Waals surface area contributed by atoms with Gasteiger partial charge in [0, 0.05) is 23.7 Å². The molecular weight excluding hydrogens is 246 g/mol. The Kier molecular flexibility index (Phi) is 4.31. The Morgan fingerprint density at radius 3 is 2.89 bits per heavy atom. The first-order valence-electron chi connectivity index (χ1n) is 6.62. The quantitative estimate of drug-likeness (QED) is 0.895. The topological polar surface area (TPSA) is 21.3 Å². The van der Waals surface area contributed by atoms with Crippen molar-refractivity contribution in [2.75, 3.05) is 6.61 Å². The molecule has 0 amide bonds. The predicted octanol–water partition coefficient (Wildman–Crippen LogP) is 3.95. The van der Waals surface area contributed by atoms with Gasteiger partial charge in [0.15, 0.2) is 0 Å². The summed E-state index contributed by atoms with van der Waals surface area (Å²) in [5.41, 5.74) is 1.23. The molecule has 1 N–H and O–H groups in total. The Morgan fingerprint density at radius 2 is 2.22 bits per heavy atom. The first-order valence-corrected chi connectivity index (χ1v) is 6.99. The number of hydrogen-bond acceptors (Lipinski definition) is 2. The first-order chi connectivity index (χ1) is 8.46. The molecule has 0 aromatic heterocycles. The summed E-state index contributed by atoms with van der Waals surface area (Å²) in [5, 5.41) is 4.48. The molecule has 2 atom stereocenters. The van der Waals surface area contributed by atoms with Crippen LogP contribution in [-0.2, 0) is 4.74 Å². The summed E-state index contributed by atoms with van der Waals surface area (Å²) in [7, 11) is 0. The highest BCUT2D eigenvalue weighted by molar-refractivity contribution is 6.30. The predicted molar refractivity (Wildman–Crippen MR) is 76.1 cm³/mol. The molecule has 0 aliphatic carbocycles. The normalized spacial score (nSPS) is 24.8. The number of ether oxygens (including phenoxy) is 1. The summed E-state index contributed by atoms with van der Waals surface area (Å²) in [6.07, 6.45) is 2.13. The fourth-order valence-electron chi connectivity index (χ4n) is 2.60. The zero-order chi connectivity index (χ0) is 13.2. The van der Waals surface area contributed by atoms with E-state index in [0.29, 0.717) is 12.1 Å². The molecule has 1 fully saturated rings. The maximum atomic E-state index is 6.03. The molecule has 1 aromatic rings. The van der Waals surface area contributed by atoms with Crippen molar-refractivity contribution in [1.29, 1.82) is 0 Å². The lowest BCUT2D eigenvalue weighted by molar-refractivity contribution is -0.0639. The van der Waals surface area contributed by atoms with Crippen LogP contribution < -0.4 is 5.32 Å². The lowest BCUT2D eigenvalue weighted by atomic mass is 9.93. The average Bonchev–Trinajstić information content (AvgIpc) is 2.27. The zero-order valence-corrected chi connectivity index (χ0v) is 12.1. The fraction of sp³-hybridized carbons (Fsp3) is 0.600. The van der Waals surface area contributed by atoms with Crippen molar-refractivity contribution < 1.29 is 4.74 Å². The number of halogens is 1. The lowest BCUT2D eigenvalue weighted by Crippen LogP contribution is -2.44. The molecule has 1 saturated heterocycles. The number of benzene rings is 1. The van der Waals surface area contributed by atoms with Crippen LogP contribution in [0.25, 0.3) is 0 Å². The number of hydrogen-bond donors (Lipinski definition) is 1. The molecule has 2 rings (SSSR count). The Hall–Kier alpha value is -0.570. The Morgan fingerprint density at radius 1 is 1.44 bits per heavy atom. The molecule has 100 valence electrons. The minimum absolute atomic E-state index is 0.00995. The van der Waals surface area contributed by atoms with E-state index in [-0.39, 0.29) is 5.60 Å². The van der Waals surface area contributed by atoms with Gasteiger partial charge >= 0.3 is 0 Å². The second kappa shape index (κ2) is 5.60. The van der Waals surface area contributed by atoms with E-state index in [2.05, 4.69) is 32.2 Å². The van der Waals surface area contributed by atoms with Gasteiger partial charge in [0.25, 0.3) is 0 Å². The molecule has 1 aliphatic rings. The van der Waals surface area contributed by atoms with Crippen molar-refractivity contribution in [2.24, 2.45) is 0 Å². The average molecular weight is 268 g/mol. The molecule has 0 saturated carbocycles. The van der Waals surface area contributed by atoms with E-state index < -0.39 is 0 Å². The summed E-state index contributed by atoms with van der Waals surface area (Å²) in [6.45, 7) is 7.34. The van der Waals surface area contributed by atoms with E-state index >= 15 is 0 Å². The molecule has 18 heavy (non-hydrogen) atoms. The van der Waals surface area contributed by atoms with Crippen molar-refractivity contribution in [2.45, 2.75) is 51.3 Å². The highest BCUT2D eigenvalue weighted by atomic mass is 35.5. The highest BCUT2D eigenvalue weighted by Gasteiger charge is 2.29. The van der Waals surface area contributed by atoms with Gasteiger partial charge in [-0.15, -0.1) is 0 Å². The Balaban J connectivity index is 1.97. The van der Waals surface area contributed by atoms with E-state index in [1.54, 1.807) is 0 Å². The number of rotatable bonds is 3. The van der Waals surface area contributed by atoms with Crippen molar-refractivity contribution in [3.63, 3.8) is 0 Å². The standard InChI is InChI=1S/C15H22ClNO/c1-11(12-5-4-6-13(16)9-12)17-14-7-8-18-15(2,3)10-14/h4-6,9,11,14,17H,7-8,10H2,1-3H3/t11-,14?/m1/s1. The van der Waals surface area contributed by atoms with Gasteiger partial charge in [0.1, 0.15) is 0 Å². The lowest BCUT2D eigenvalue weighted by Gasteiger charge is -2.37. The van der Waals surface area contributed by atoms with Gasteiger partial charge < -0.3 is 10.1 Å². The van der Waals surface area contributed by atoms with E-state index in [1.165, 1.54) is 5.56 Å². The molecule has 0 bridgehead atoms. The SMILES string of the molecule is C[C@@H](NC1CCOC(C)(C)C1)c1cccc(Cl)c1. The van der Waals surface area contributed by atoms with Crippen molar-refractivity contribution in [3.05, 3.63) is 34.9 Å². The molecule has 0 spiro atoms. The van der Waals surface area contributed by atoms with Gasteiger partial charge in [-0.05, 0) is 51.3 Å². The third-order valence-corrected chi connectivity index (χ3v) is 3.77. The fourth-order valence-corrected chi connectivity index (χ4v) is 2.80. The van der Waals surface area contributed by atoms with Gasteiger partial charge in [-0.1, -0.05) is 23.7 Å². The van der Waals surface area contributed by atoms with E-state index in [9.17, 15) is 0 Å². The van der Waals surface area contributed by atoms with E-state index in [0.717, 1.165) is 24.5 Å². The monoisotopic (exact) mass is 267 g/mol. The van der Waals surface area contributed by atoms with Gasteiger partial charge in [0.05, 0.1) is 5.60 Å². The summed E-state index contributed by atoms with van der Waals surface area (Å²) in [4.78, 5) is 0. The van der Waals surface area contributed by atoms with Crippen LogP contribution in [-0.4, -0.2) is 18.2 Å². The molecule has 1 heterocycles. The maximum Gasteiger partial charge on any atom is 0.0641 e. The van der Waals surface area contributed by atoms with Gasteiger partial charge in [0.2, 0.25) is 0 Å². The number of nitrogens with one attached hydrogen (secondary N) is 1. The van der Waals surface area contributed by atoms with Gasteiger partial charge in [-0.2, -0.15) is 0 Å². The molecule has 1 aliphatic heterocycles. The third kappa shape index (κ3) is 3.71. The summed E-state index contributed by atoms with van der Waals surface area (Å²) in [6, 6.07) is 8.90. The van der Waals surface area contributed by atoms with Crippen LogP contribution in [0.5, 0.6) is 0 Å². The van der Waals surface area contributed by atoms with Crippen LogP contribution in [0, 0.1) is 0 Å². The summed E-state index contributed by atoms with van der Waals surface area (Å²) >= 11 is 6.03. The molecule has 0 radical (unpaired) electrons. The smallest absolute Gasteiger partial charge is 0.0641 e. The molecule has 1 unspecified atom stereocenters. The van der Waals surface area contributed by atoms with Crippen LogP contribution in [0.4, 0.5) is 0 Å². The Labute approximate surface area is 115 Å². The second-order valence-electron chi connectivity index (χ2n) is 5.74. The maximum absolute atomic E-state index is 6.03. The molecule has 3 heteroatoms. The third-order valence-electron chi connectivity index (χ3n) is 3.53. The van der Waals surface area contributed by atoms with Gasteiger partial charge in [-0.25, -0.2) is 0 Å². The highest BCUT2D eigenvalue weighted by Crippen LogP contribution is 2.26. The Bertz CT molecular complexity index is 405. The van der Waals surface area contributed by atoms with Crippen molar-refractivity contribution in [1.82, 2.24) is 5.32 Å². The van der Waals surface area contributed by atoms with Gasteiger partial charge in [-0.3, -0.25) is 0 Å². The van der Waals surface area contributed by atoms with Crippen LogP contribution in [0.1, 0.15) is 45.2 Å². The van der Waals surface area contributed by atoms with Crippen LogP contribution in [0.3, 0.4) is 0 Å². The van der Waals surface area contributed by atoms with Crippen molar-refractivity contribution in [3.8, 4) is 0 Å². The zero-order valence-electron chi connectivity index (χ0n) is 11.4. The molecule has 2 nitrogen and oxygen atoms in total. The first kappa shape index (κ1) is 13.9. The van der Waals surface area contributed by atoms with E-state index in [4.69, 9.17) is 16.3 Å². The van der Waals surface area contributed by atoms with Crippen molar-refractivity contribution >= 4 is 11.6 Å². The minimum Gasteiger partial charge on any atom is -0.375 e. The van der Waals surface area contributed by atoms with Crippen LogP contribution >= 0.6 is 11.6 Å². The largest absolute Gasteiger partial charge is 0.375 e. The van der Waals surface area contributed by atoms with E-state index in [1.807, 2.05) is 18.2 Å². The summed E-state index contributed by atoms with van der Waals surface area (Å²) in [5.74, 6) is 0. The minimum atomic E-state index is -0.00995. The van der Waals surface area contributed by atoms with Crippen LogP contribution in [0.15, 0.2) is 24.3 Å².